The number of carbonyl (C=O) groups is 2. The van der Waals surface area contributed by atoms with Gasteiger partial charge in [0.25, 0.3) is 0 Å². The van der Waals surface area contributed by atoms with Gasteiger partial charge < -0.3 is 45.4 Å². The zero-order valence-corrected chi connectivity index (χ0v) is 72.1. The average Bonchev–Trinajstić information content (AvgIpc) is 1.59. The molecule has 0 aliphatic carbocycles. The average molecular weight is 1670 g/mol. The van der Waals surface area contributed by atoms with Gasteiger partial charge in [-0.15, -0.1) is 0 Å². The fourth-order valence-corrected chi connectivity index (χ4v) is 16.2. The molecular formula is C85H107Cl3FN25O4. The zero-order valence-electron chi connectivity index (χ0n) is 69.9. The maximum absolute atomic E-state index is 15.2. The summed E-state index contributed by atoms with van der Waals surface area (Å²) < 4.78 is 25.9. The van der Waals surface area contributed by atoms with Crippen LogP contribution >= 0.6 is 34.8 Å². The van der Waals surface area contributed by atoms with Crippen LogP contribution in [0.25, 0.3) is 0 Å². The molecular weight excluding hydrogens is 1560 g/mol. The van der Waals surface area contributed by atoms with Gasteiger partial charge in [-0.25, -0.2) is 24.3 Å². The van der Waals surface area contributed by atoms with Gasteiger partial charge in [0.15, 0.2) is 46.6 Å². The molecule has 33 heteroatoms. The molecule has 11 aromatic rings. The molecule has 3 aromatic carbocycles. The highest BCUT2D eigenvalue weighted by molar-refractivity contribution is 6.33. The number of halogens is 4. The van der Waals surface area contributed by atoms with E-state index >= 15 is 4.39 Å². The van der Waals surface area contributed by atoms with Crippen molar-refractivity contribution in [1.29, 1.82) is 0 Å². The molecule has 0 radical (unpaired) electrons. The van der Waals surface area contributed by atoms with Crippen LogP contribution in [-0.2, 0) is 23.2 Å². The van der Waals surface area contributed by atoms with Crippen molar-refractivity contribution in [2.75, 3.05) is 72.4 Å². The SMILES string of the molecule is Cc1cc(Nc2nc(Cc3cc(C)c(C4CCN(C(=O)CN5C(C)CCCC5C)CC4)cc3C)ncc2Cl)n[nH]1.Cc1cc(Nc2nc(Nc3cc(C)c(C4CCN(C(=O)c5nc(C(C)C)no5)CC4)cc3F)ncc2Cl)n[nH]1.Cc1cc(Nc2nc(Nc3cc(C)c(C4CCN(Cc5noc(C(C)(C)C)n5)CC4)cc3C)ncc2Cl)n[nH]1. The Morgan fingerprint density at radius 2 is 1.00 bits per heavy atom. The van der Waals surface area contributed by atoms with Crippen LogP contribution in [0.15, 0.2) is 82.2 Å². The predicted molar refractivity (Wildman–Crippen MR) is 458 cm³/mol. The van der Waals surface area contributed by atoms with Gasteiger partial charge in [0.05, 0.1) is 37.4 Å². The number of amides is 2. The Morgan fingerprint density at radius 1 is 0.525 bits per heavy atom. The number of aromatic nitrogens is 16. The van der Waals surface area contributed by atoms with Crippen molar-refractivity contribution in [2.24, 2.45) is 0 Å². The largest absolute Gasteiger partial charge is 0.342 e. The van der Waals surface area contributed by atoms with Crippen molar-refractivity contribution < 1.29 is 23.0 Å². The second kappa shape index (κ2) is 37.6. The molecule has 15 rings (SSSR count). The molecule has 4 aliphatic rings. The minimum atomic E-state index is -0.419. The van der Waals surface area contributed by atoms with E-state index in [1.54, 1.807) is 35.5 Å². The third-order valence-corrected chi connectivity index (χ3v) is 23.4. The van der Waals surface area contributed by atoms with Crippen molar-refractivity contribution in [2.45, 2.75) is 216 Å². The molecule has 29 nitrogen and oxygen atoms in total. The number of hydrogen-bond acceptors (Lipinski definition) is 24. The fourth-order valence-electron chi connectivity index (χ4n) is 15.8. The van der Waals surface area contributed by atoms with Gasteiger partial charge in [-0.3, -0.25) is 34.7 Å². The van der Waals surface area contributed by atoms with Gasteiger partial charge in [0.2, 0.25) is 23.7 Å². The lowest BCUT2D eigenvalue weighted by atomic mass is 9.84. The van der Waals surface area contributed by atoms with E-state index < -0.39 is 5.82 Å². The summed E-state index contributed by atoms with van der Waals surface area (Å²) in [6.45, 7) is 37.0. The number of aryl methyl sites for hydroxylation is 8. The zero-order chi connectivity index (χ0) is 83.8. The first-order valence-electron chi connectivity index (χ1n) is 40.6. The van der Waals surface area contributed by atoms with Crippen LogP contribution in [0.2, 0.25) is 15.1 Å². The van der Waals surface area contributed by atoms with Gasteiger partial charge in [-0.1, -0.05) is 104 Å². The Labute approximate surface area is 702 Å². The Hall–Kier alpha value is -10.5. The first-order valence-corrected chi connectivity index (χ1v) is 41.7. The maximum atomic E-state index is 15.2. The quantitative estimate of drug-likeness (QED) is 0.0331. The highest BCUT2D eigenvalue weighted by atomic mass is 35.5. The molecule has 0 bridgehead atoms. The van der Waals surface area contributed by atoms with E-state index in [1.807, 2.05) is 53.7 Å². The van der Waals surface area contributed by atoms with Crippen LogP contribution in [0.1, 0.15) is 231 Å². The number of anilines is 10. The van der Waals surface area contributed by atoms with Crippen LogP contribution in [0.5, 0.6) is 0 Å². The van der Waals surface area contributed by atoms with Crippen LogP contribution in [-0.4, -0.2) is 170 Å². The Kier molecular flexibility index (Phi) is 27.2. The van der Waals surface area contributed by atoms with E-state index in [9.17, 15) is 9.59 Å². The van der Waals surface area contributed by atoms with Gasteiger partial charge >= 0.3 is 11.8 Å². The molecule has 8 N–H and O–H groups in total. The summed E-state index contributed by atoms with van der Waals surface area (Å²) in [6.07, 6.45) is 14.6. The van der Waals surface area contributed by atoms with Crippen molar-refractivity contribution in [3.05, 3.63) is 190 Å². The lowest BCUT2D eigenvalue weighted by Gasteiger charge is -2.40. The number of benzene rings is 3. The Balaban J connectivity index is 0.000000153. The second-order valence-corrected chi connectivity index (χ2v) is 34.4. The number of nitrogens with zero attached hydrogens (tertiary/aromatic N) is 17. The highest BCUT2D eigenvalue weighted by Gasteiger charge is 2.34. The first-order chi connectivity index (χ1) is 56.4. The maximum Gasteiger partial charge on any atom is 0.316 e. The molecule has 118 heavy (non-hydrogen) atoms. The van der Waals surface area contributed by atoms with Crippen molar-refractivity contribution >= 4 is 105 Å². The lowest BCUT2D eigenvalue weighted by Crippen LogP contribution is -2.50. The lowest BCUT2D eigenvalue weighted by molar-refractivity contribution is -0.135. The number of likely N-dealkylation sites (tertiary alicyclic amines) is 4. The van der Waals surface area contributed by atoms with Gasteiger partial charge in [0, 0.05) is 97.0 Å². The topological polar surface area (TPSA) is 348 Å². The highest BCUT2D eigenvalue weighted by Crippen LogP contribution is 2.39. The minimum Gasteiger partial charge on any atom is -0.342 e. The summed E-state index contributed by atoms with van der Waals surface area (Å²) in [5.41, 5.74) is 14.7. The van der Waals surface area contributed by atoms with Gasteiger partial charge in [-0.2, -0.15) is 35.2 Å². The van der Waals surface area contributed by atoms with Crippen molar-refractivity contribution in [1.82, 2.24) is 100 Å². The Morgan fingerprint density at radius 3 is 1.50 bits per heavy atom. The number of nitrogens with one attached hydrogen (secondary N) is 8. The molecule has 8 aromatic heterocycles. The van der Waals surface area contributed by atoms with Gasteiger partial charge in [-0.05, 0) is 220 Å². The standard InChI is InChI=1S/C31H42ClN7O.C28H36ClN9O.C26H29ClFN9O2/c1-19-14-26(24-9-11-38(12-10-24)30(40)18-39-22(4)7-6-8-23(39)5)20(2)13-25(19)16-28-33-17-27(32)31(34-28)35-29-15-21(3)36-37-29;1-16-12-22(31-27-30-14-21(29)25(34-27)32-23-13-18(3)35-36-23)17(2)11-20(16)19-7-9-38(10-8-19)15-24-33-26(39-37-24)28(4,5)6;1-13(2)22-32-24(39-36-22)25(38)37-7-5-16(6-8-37)17-11-19(28)20(9-14(17)3)30-26-29-12-18(27)23(33-26)31-21-10-15(4)34-35-21/h13-15,17,22-24H,6-12,16,18H2,1-5H3,(H2,33,34,35,36,37);11-14,19H,7-10,15H2,1-6H3,(H3,30,31,32,34,35,36);9-13,16H,5-8H2,1-4H3,(H3,29,30,31,33,34,35). The van der Waals surface area contributed by atoms with E-state index in [2.05, 4.69) is 209 Å². The molecule has 2 amide bonds. The van der Waals surface area contributed by atoms with E-state index in [0.717, 1.165) is 104 Å². The minimum absolute atomic E-state index is 0.0112. The smallest absolute Gasteiger partial charge is 0.316 e. The summed E-state index contributed by atoms with van der Waals surface area (Å²) >= 11 is 18.9. The number of rotatable bonds is 21. The summed E-state index contributed by atoms with van der Waals surface area (Å²) in [5, 5.41) is 46.1. The van der Waals surface area contributed by atoms with Crippen LogP contribution in [0.4, 0.5) is 62.6 Å². The van der Waals surface area contributed by atoms with E-state index in [0.29, 0.717) is 142 Å². The number of hydrogen-bond donors (Lipinski definition) is 8. The molecule has 4 aliphatic heterocycles. The molecule has 2 atom stereocenters. The number of H-pyrrole nitrogens is 3. The third-order valence-electron chi connectivity index (χ3n) is 22.5. The van der Waals surface area contributed by atoms with Crippen LogP contribution < -0.4 is 26.6 Å². The van der Waals surface area contributed by atoms with Gasteiger partial charge in [0.1, 0.15) is 26.7 Å². The van der Waals surface area contributed by atoms with Crippen LogP contribution in [0.3, 0.4) is 0 Å². The van der Waals surface area contributed by atoms with E-state index in [1.165, 1.54) is 58.8 Å². The first kappa shape index (κ1) is 85.4. The number of carbonyl (C=O) groups excluding carboxylic acids is 2. The monoisotopic (exact) mass is 1670 g/mol. The summed E-state index contributed by atoms with van der Waals surface area (Å²) in [4.78, 5) is 70.1. The number of aromatic amines is 3. The normalized spacial score (nSPS) is 16.6. The molecule has 4 fully saturated rings. The predicted octanol–water partition coefficient (Wildman–Crippen LogP) is 18.0. The second-order valence-electron chi connectivity index (χ2n) is 33.2. The summed E-state index contributed by atoms with van der Waals surface area (Å²) in [7, 11) is 0. The molecule has 0 spiro atoms. The van der Waals surface area contributed by atoms with Crippen LogP contribution in [0, 0.1) is 61.2 Å². The summed E-state index contributed by atoms with van der Waals surface area (Å²) in [5.74, 6) is 7.39. The Bertz CT molecular complexity index is 5310. The molecule has 0 saturated carbocycles. The van der Waals surface area contributed by atoms with E-state index in [-0.39, 0.29) is 40.7 Å². The van der Waals surface area contributed by atoms with Crippen molar-refractivity contribution in [3.63, 3.8) is 0 Å². The summed E-state index contributed by atoms with van der Waals surface area (Å²) in [6, 6.07) is 19.0. The number of piperidine rings is 4. The molecule has 2 unspecified atom stereocenters. The van der Waals surface area contributed by atoms with Crippen molar-refractivity contribution in [3.8, 4) is 0 Å². The molecule has 4 saturated heterocycles. The molecule has 12 heterocycles. The van der Waals surface area contributed by atoms with E-state index in [4.69, 9.17) is 43.8 Å². The fraction of sp³-hybridized carbons (Fsp3) is 0.471. The molecule has 624 valence electrons. The third kappa shape index (κ3) is 21.5.